The maximum atomic E-state index is 12.1. The van der Waals surface area contributed by atoms with Crippen LogP contribution >= 0.6 is 23.4 Å². The lowest BCUT2D eigenvalue weighted by Crippen LogP contribution is -2.25. The third-order valence-electron chi connectivity index (χ3n) is 2.79. The predicted octanol–water partition coefficient (Wildman–Crippen LogP) is 2.64. The number of thioether (sulfide) groups is 1. The fraction of sp³-hybridized carbons (Fsp3) is 0.538. The van der Waals surface area contributed by atoms with Gasteiger partial charge >= 0.3 is 0 Å². The van der Waals surface area contributed by atoms with Gasteiger partial charge in [-0.05, 0) is 42.5 Å². The first kappa shape index (κ1) is 17.8. The van der Waals surface area contributed by atoms with Gasteiger partial charge in [0.25, 0.3) is 0 Å². The van der Waals surface area contributed by atoms with E-state index in [4.69, 9.17) is 16.7 Å². The number of benzene rings is 1. The molecule has 0 amide bonds. The maximum absolute atomic E-state index is 12.1. The molecule has 0 aliphatic rings. The minimum absolute atomic E-state index is 0.0230. The van der Waals surface area contributed by atoms with E-state index >= 15 is 0 Å². The van der Waals surface area contributed by atoms with Crippen molar-refractivity contribution >= 4 is 33.4 Å². The van der Waals surface area contributed by atoms with Crippen LogP contribution in [-0.2, 0) is 16.6 Å². The van der Waals surface area contributed by atoms with E-state index in [1.165, 1.54) is 12.1 Å². The lowest BCUT2D eigenvalue weighted by Gasteiger charge is -2.09. The quantitative estimate of drug-likeness (QED) is 0.680. The second-order valence-corrected chi connectivity index (χ2v) is 7.50. The molecule has 0 bridgehead atoms. The van der Waals surface area contributed by atoms with Gasteiger partial charge in [0.15, 0.2) is 0 Å². The summed E-state index contributed by atoms with van der Waals surface area (Å²) in [5.74, 6) is 1.09. The third kappa shape index (κ3) is 5.61. The first-order chi connectivity index (χ1) is 9.51. The molecule has 0 fully saturated rings. The van der Waals surface area contributed by atoms with Gasteiger partial charge in [0.05, 0.1) is 11.6 Å². The molecule has 0 aromatic heterocycles. The Morgan fingerprint density at radius 2 is 2.05 bits per heavy atom. The van der Waals surface area contributed by atoms with E-state index in [1.807, 2.05) is 0 Å². The molecule has 114 valence electrons. The Balaban J connectivity index is 2.60. The van der Waals surface area contributed by atoms with Crippen LogP contribution in [0.1, 0.15) is 24.8 Å². The first-order valence-electron chi connectivity index (χ1n) is 6.39. The van der Waals surface area contributed by atoms with Crippen molar-refractivity contribution in [2.45, 2.75) is 30.8 Å². The molecular formula is C13H20ClNO3S2. The predicted molar refractivity (Wildman–Crippen MR) is 84.8 cm³/mol. The summed E-state index contributed by atoms with van der Waals surface area (Å²) >= 11 is 7.70. The number of hydrogen-bond donors (Lipinski definition) is 2. The molecule has 0 spiro atoms. The molecule has 0 radical (unpaired) electrons. The SMILES string of the molecule is CSCCCCCNS(=O)(=O)c1cc(CO)ccc1Cl. The molecule has 0 unspecified atom stereocenters. The van der Waals surface area contributed by atoms with Crippen molar-refractivity contribution in [1.82, 2.24) is 4.72 Å². The lowest BCUT2D eigenvalue weighted by molar-refractivity contribution is 0.281. The molecule has 0 heterocycles. The van der Waals surface area contributed by atoms with Crippen LogP contribution in [0.3, 0.4) is 0 Å². The number of rotatable bonds is 9. The summed E-state index contributed by atoms with van der Waals surface area (Å²) in [6, 6.07) is 4.49. The Kier molecular flexibility index (Phi) is 7.91. The molecule has 1 aromatic carbocycles. The Labute approximate surface area is 130 Å². The van der Waals surface area contributed by atoms with Crippen LogP contribution in [0.2, 0.25) is 5.02 Å². The Hall–Kier alpha value is -0.270. The van der Waals surface area contributed by atoms with Crippen molar-refractivity contribution in [2.24, 2.45) is 0 Å². The fourth-order valence-electron chi connectivity index (χ4n) is 1.68. The molecule has 4 nitrogen and oxygen atoms in total. The highest BCUT2D eigenvalue weighted by Crippen LogP contribution is 2.22. The van der Waals surface area contributed by atoms with Crippen LogP contribution in [0.15, 0.2) is 23.1 Å². The minimum atomic E-state index is -3.61. The molecule has 20 heavy (non-hydrogen) atoms. The zero-order valence-corrected chi connectivity index (χ0v) is 13.8. The normalized spacial score (nSPS) is 11.8. The van der Waals surface area contributed by atoms with Crippen molar-refractivity contribution in [3.8, 4) is 0 Å². The minimum Gasteiger partial charge on any atom is -0.392 e. The van der Waals surface area contributed by atoms with E-state index in [0.717, 1.165) is 25.0 Å². The second-order valence-electron chi connectivity index (χ2n) is 4.37. The standard InChI is InChI=1S/C13H20ClNO3S2/c1-19-8-4-2-3-7-15-20(17,18)13-9-11(10-16)5-6-12(13)14/h5-6,9,15-16H,2-4,7-8,10H2,1H3. The largest absolute Gasteiger partial charge is 0.392 e. The summed E-state index contributed by atoms with van der Waals surface area (Å²) < 4.78 is 26.8. The highest BCUT2D eigenvalue weighted by atomic mass is 35.5. The van der Waals surface area contributed by atoms with Crippen LogP contribution in [-0.4, -0.2) is 32.1 Å². The van der Waals surface area contributed by atoms with Gasteiger partial charge < -0.3 is 5.11 Å². The number of nitrogens with one attached hydrogen (secondary N) is 1. The molecule has 1 aromatic rings. The Bertz CT molecular complexity index is 520. The fourth-order valence-corrected chi connectivity index (χ4v) is 3.80. The number of unbranched alkanes of at least 4 members (excludes halogenated alkanes) is 2. The van der Waals surface area contributed by atoms with E-state index in [-0.39, 0.29) is 16.5 Å². The Morgan fingerprint density at radius 1 is 1.30 bits per heavy atom. The number of halogens is 1. The van der Waals surface area contributed by atoms with Crippen molar-refractivity contribution in [2.75, 3.05) is 18.6 Å². The van der Waals surface area contributed by atoms with Crippen LogP contribution in [0.25, 0.3) is 0 Å². The zero-order chi connectivity index (χ0) is 15.0. The zero-order valence-electron chi connectivity index (χ0n) is 11.4. The van der Waals surface area contributed by atoms with Crippen LogP contribution in [0.5, 0.6) is 0 Å². The van der Waals surface area contributed by atoms with Gasteiger partial charge in [-0.3, -0.25) is 0 Å². The monoisotopic (exact) mass is 337 g/mol. The highest BCUT2D eigenvalue weighted by molar-refractivity contribution is 7.98. The van der Waals surface area contributed by atoms with Crippen molar-refractivity contribution < 1.29 is 13.5 Å². The molecule has 1 rings (SSSR count). The van der Waals surface area contributed by atoms with E-state index in [1.54, 1.807) is 17.8 Å². The topological polar surface area (TPSA) is 66.4 Å². The summed E-state index contributed by atoms with van der Waals surface area (Å²) in [5.41, 5.74) is 0.523. The van der Waals surface area contributed by atoms with Gasteiger partial charge in [0.2, 0.25) is 10.0 Å². The number of aliphatic hydroxyl groups is 1. The molecule has 0 atom stereocenters. The molecular weight excluding hydrogens is 318 g/mol. The molecule has 0 aliphatic carbocycles. The maximum Gasteiger partial charge on any atom is 0.242 e. The van der Waals surface area contributed by atoms with Gasteiger partial charge in [-0.25, -0.2) is 13.1 Å². The Morgan fingerprint density at radius 3 is 2.70 bits per heavy atom. The van der Waals surface area contributed by atoms with Crippen molar-refractivity contribution in [1.29, 1.82) is 0 Å². The molecule has 0 saturated carbocycles. The second kappa shape index (κ2) is 8.89. The van der Waals surface area contributed by atoms with Crippen LogP contribution in [0, 0.1) is 0 Å². The number of hydrogen-bond acceptors (Lipinski definition) is 4. The van der Waals surface area contributed by atoms with Gasteiger partial charge in [-0.1, -0.05) is 24.1 Å². The summed E-state index contributed by atoms with van der Waals surface area (Å²) in [6.07, 6.45) is 4.94. The van der Waals surface area contributed by atoms with Crippen molar-refractivity contribution in [3.63, 3.8) is 0 Å². The number of aliphatic hydroxyl groups excluding tert-OH is 1. The average Bonchev–Trinajstić information content (AvgIpc) is 2.43. The van der Waals surface area contributed by atoms with Gasteiger partial charge in [0, 0.05) is 6.54 Å². The molecule has 0 aliphatic heterocycles. The summed E-state index contributed by atoms with van der Waals surface area (Å²) in [4.78, 5) is 0.0230. The third-order valence-corrected chi connectivity index (χ3v) is 5.42. The van der Waals surface area contributed by atoms with Gasteiger partial charge in [0.1, 0.15) is 4.90 Å². The summed E-state index contributed by atoms with van der Waals surface area (Å²) in [5, 5.41) is 9.22. The van der Waals surface area contributed by atoms with Gasteiger partial charge in [-0.15, -0.1) is 0 Å². The van der Waals surface area contributed by atoms with E-state index in [2.05, 4.69) is 11.0 Å². The summed E-state index contributed by atoms with van der Waals surface area (Å²) in [7, 11) is -3.61. The lowest BCUT2D eigenvalue weighted by atomic mass is 10.2. The van der Waals surface area contributed by atoms with E-state index < -0.39 is 10.0 Å². The molecule has 7 heteroatoms. The summed E-state index contributed by atoms with van der Waals surface area (Å²) in [6.45, 7) is 0.185. The van der Waals surface area contributed by atoms with Crippen LogP contribution in [0.4, 0.5) is 0 Å². The van der Waals surface area contributed by atoms with E-state index in [0.29, 0.717) is 12.1 Å². The van der Waals surface area contributed by atoms with Crippen LogP contribution < -0.4 is 4.72 Å². The molecule has 2 N–H and O–H groups in total. The van der Waals surface area contributed by atoms with E-state index in [9.17, 15) is 8.42 Å². The average molecular weight is 338 g/mol. The first-order valence-corrected chi connectivity index (χ1v) is 9.64. The smallest absolute Gasteiger partial charge is 0.242 e. The number of sulfonamides is 1. The molecule has 0 saturated heterocycles. The van der Waals surface area contributed by atoms with Gasteiger partial charge in [-0.2, -0.15) is 11.8 Å². The highest BCUT2D eigenvalue weighted by Gasteiger charge is 2.17. The van der Waals surface area contributed by atoms with Crippen molar-refractivity contribution in [3.05, 3.63) is 28.8 Å².